The van der Waals surface area contributed by atoms with E-state index in [9.17, 15) is 4.79 Å². The lowest BCUT2D eigenvalue weighted by Gasteiger charge is -2.30. The summed E-state index contributed by atoms with van der Waals surface area (Å²) in [6, 6.07) is 19.8. The van der Waals surface area contributed by atoms with Gasteiger partial charge in [-0.25, -0.2) is 0 Å². The van der Waals surface area contributed by atoms with Crippen molar-refractivity contribution >= 4 is 17.2 Å². The largest absolute Gasteiger partial charge is 0.493 e. The summed E-state index contributed by atoms with van der Waals surface area (Å²) in [5.74, 6) is 1.45. The molecular formula is C23H25NO3S. The molecule has 1 aromatic heterocycles. The number of amides is 1. The molecule has 3 rings (SSSR count). The monoisotopic (exact) mass is 395 g/mol. The lowest BCUT2D eigenvalue weighted by Crippen LogP contribution is -2.34. The normalized spacial score (nSPS) is 11.7. The highest BCUT2D eigenvalue weighted by atomic mass is 32.1. The number of nitrogens with zero attached hydrogens (tertiary/aromatic N) is 1. The molecule has 2 aromatic carbocycles. The minimum absolute atomic E-state index is 0.0400. The zero-order chi connectivity index (χ0) is 19.9. The van der Waals surface area contributed by atoms with Crippen molar-refractivity contribution in [1.82, 2.24) is 4.90 Å². The van der Waals surface area contributed by atoms with Crippen molar-refractivity contribution in [2.24, 2.45) is 0 Å². The fraction of sp³-hybridized carbons (Fsp3) is 0.261. The van der Waals surface area contributed by atoms with E-state index in [1.54, 1.807) is 25.6 Å². The molecule has 5 heteroatoms. The first kappa shape index (κ1) is 20.0. The Morgan fingerprint density at radius 1 is 1.00 bits per heavy atom. The van der Waals surface area contributed by atoms with Crippen LogP contribution in [0.3, 0.4) is 0 Å². The third-order valence-corrected chi connectivity index (χ3v) is 5.65. The maximum Gasteiger partial charge on any atom is 0.228 e. The Hall–Kier alpha value is -2.79. The molecule has 1 heterocycles. The topological polar surface area (TPSA) is 38.8 Å². The summed E-state index contributed by atoms with van der Waals surface area (Å²) in [5, 5.41) is 2.00. The van der Waals surface area contributed by atoms with Crippen LogP contribution in [-0.4, -0.2) is 25.0 Å². The highest BCUT2D eigenvalue weighted by molar-refractivity contribution is 7.10. The van der Waals surface area contributed by atoms with Crippen LogP contribution >= 0.6 is 11.3 Å². The molecule has 0 aliphatic carbocycles. The molecule has 0 bridgehead atoms. The second kappa shape index (κ2) is 9.42. The molecule has 1 unspecified atom stereocenters. The minimum Gasteiger partial charge on any atom is -0.493 e. The molecule has 0 saturated heterocycles. The van der Waals surface area contributed by atoms with E-state index in [2.05, 4.69) is 19.1 Å². The van der Waals surface area contributed by atoms with E-state index in [1.807, 2.05) is 58.8 Å². The van der Waals surface area contributed by atoms with Crippen LogP contribution in [-0.2, 0) is 17.8 Å². The number of rotatable bonds is 8. The molecule has 0 radical (unpaired) electrons. The van der Waals surface area contributed by atoms with Gasteiger partial charge in [0, 0.05) is 11.4 Å². The average molecular weight is 396 g/mol. The van der Waals surface area contributed by atoms with E-state index < -0.39 is 0 Å². The number of hydrogen-bond donors (Lipinski definition) is 0. The summed E-state index contributed by atoms with van der Waals surface area (Å²) in [6.45, 7) is 2.57. The van der Waals surface area contributed by atoms with Crippen LogP contribution in [0.25, 0.3) is 0 Å². The van der Waals surface area contributed by atoms with E-state index in [1.165, 1.54) is 0 Å². The number of carbonyl (C=O) groups is 1. The second-order valence-electron chi connectivity index (χ2n) is 6.55. The van der Waals surface area contributed by atoms with Gasteiger partial charge >= 0.3 is 0 Å². The van der Waals surface area contributed by atoms with Crippen LogP contribution < -0.4 is 9.47 Å². The number of methoxy groups -OCH3 is 2. The maximum atomic E-state index is 13.2. The van der Waals surface area contributed by atoms with Crippen molar-refractivity contribution in [3.63, 3.8) is 0 Å². The summed E-state index contributed by atoms with van der Waals surface area (Å²) in [4.78, 5) is 16.2. The first-order valence-electron chi connectivity index (χ1n) is 9.20. The van der Waals surface area contributed by atoms with Gasteiger partial charge in [-0.05, 0) is 41.6 Å². The Balaban J connectivity index is 1.88. The van der Waals surface area contributed by atoms with Crippen molar-refractivity contribution in [3.8, 4) is 11.5 Å². The third kappa shape index (κ3) is 4.73. The van der Waals surface area contributed by atoms with Gasteiger partial charge < -0.3 is 14.4 Å². The van der Waals surface area contributed by atoms with Crippen LogP contribution in [0.5, 0.6) is 11.5 Å². The van der Waals surface area contributed by atoms with Crippen molar-refractivity contribution in [2.45, 2.75) is 25.9 Å². The van der Waals surface area contributed by atoms with E-state index in [0.29, 0.717) is 24.5 Å². The lowest BCUT2D eigenvalue weighted by atomic mass is 10.0. The molecule has 0 aliphatic rings. The molecule has 0 saturated carbocycles. The minimum atomic E-state index is -0.0400. The maximum absolute atomic E-state index is 13.2. The summed E-state index contributed by atoms with van der Waals surface area (Å²) in [7, 11) is 3.24. The number of ether oxygens (including phenoxy) is 2. The van der Waals surface area contributed by atoms with Crippen LogP contribution in [0, 0.1) is 0 Å². The molecule has 0 fully saturated rings. The quantitative estimate of drug-likeness (QED) is 0.533. The summed E-state index contributed by atoms with van der Waals surface area (Å²) in [6.07, 6.45) is 0.405. The molecule has 0 spiro atoms. The van der Waals surface area contributed by atoms with Crippen LogP contribution in [0.2, 0.25) is 0 Å². The Morgan fingerprint density at radius 3 is 2.39 bits per heavy atom. The standard InChI is InChI=1S/C23H25NO3S/c1-17(19-8-5-4-6-9-19)24(23(25)15-20-10-7-13-28-20)16-18-11-12-21(26-2)22(14-18)27-3/h4-14,17H,15-16H2,1-3H3. The van der Waals surface area contributed by atoms with Crippen LogP contribution in [0.15, 0.2) is 66.0 Å². The van der Waals surface area contributed by atoms with Gasteiger partial charge in [-0.3, -0.25) is 4.79 Å². The lowest BCUT2D eigenvalue weighted by molar-refractivity contribution is -0.133. The zero-order valence-corrected chi connectivity index (χ0v) is 17.2. The fourth-order valence-corrected chi connectivity index (χ4v) is 3.89. The SMILES string of the molecule is COc1ccc(CN(C(=O)Cc2cccs2)C(C)c2ccccc2)cc1OC. The predicted molar refractivity (Wildman–Crippen MR) is 113 cm³/mol. The smallest absolute Gasteiger partial charge is 0.228 e. The molecule has 3 aromatic rings. The van der Waals surface area contributed by atoms with Crippen LogP contribution in [0.1, 0.15) is 29.0 Å². The van der Waals surface area contributed by atoms with Crippen molar-refractivity contribution in [1.29, 1.82) is 0 Å². The molecule has 1 amide bonds. The van der Waals surface area contributed by atoms with Gasteiger partial charge in [-0.15, -0.1) is 11.3 Å². The Kier molecular flexibility index (Phi) is 6.71. The van der Waals surface area contributed by atoms with E-state index in [0.717, 1.165) is 16.0 Å². The summed E-state index contributed by atoms with van der Waals surface area (Å²) < 4.78 is 10.7. The first-order valence-corrected chi connectivity index (χ1v) is 10.1. The first-order chi connectivity index (χ1) is 13.6. The van der Waals surface area contributed by atoms with Gasteiger partial charge in [0.2, 0.25) is 5.91 Å². The van der Waals surface area contributed by atoms with Gasteiger partial charge in [0.05, 0.1) is 26.7 Å². The Bertz CT molecular complexity index is 893. The summed E-state index contributed by atoms with van der Waals surface area (Å²) in [5.41, 5.74) is 2.11. The molecular weight excluding hydrogens is 370 g/mol. The number of hydrogen-bond acceptors (Lipinski definition) is 4. The number of benzene rings is 2. The van der Waals surface area contributed by atoms with Gasteiger partial charge in [0.25, 0.3) is 0 Å². The van der Waals surface area contributed by atoms with E-state index in [-0.39, 0.29) is 11.9 Å². The Labute approximate surface area is 170 Å². The second-order valence-corrected chi connectivity index (χ2v) is 7.59. The molecule has 1 atom stereocenters. The average Bonchev–Trinajstić information content (AvgIpc) is 3.24. The van der Waals surface area contributed by atoms with E-state index in [4.69, 9.17) is 9.47 Å². The summed E-state index contributed by atoms with van der Waals surface area (Å²) >= 11 is 1.61. The predicted octanol–water partition coefficient (Wildman–Crippen LogP) is 5.10. The molecule has 28 heavy (non-hydrogen) atoms. The van der Waals surface area contributed by atoms with Gasteiger partial charge in [-0.2, -0.15) is 0 Å². The van der Waals surface area contributed by atoms with Gasteiger partial charge in [0.1, 0.15) is 0 Å². The number of carbonyl (C=O) groups excluding carboxylic acids is 1. The highest BCUT2D eigenvalue weighted by Crippen LogP contribution is 2.30. The van der Waals surface area contributed by atoms with Crippen LogP contribution in [0.4, 0.5) is 0 Å². The van der Waals surface area contributed by atoms with Crippen molar-refractivity contribution in [2.75, 3.05) is 14.2 Å². The van der Waals surface area contributed by atoms with Crippen molar-refractivity contribution < 1.29 is 14.3 Å². The molecule has 146 valence electrons. The fourth-order valence-electron chi connectivity index (χ4n) is 3.19. The zero-order valence-electron chi connectivity index (χ0n) is 16.4. The van der Waals surface area contributed by atoms with E-state index >= 15 is 0 Å². The molecule has 0 aliphatic heterocycles. The Morgan fingerprint density at radius 2 is 1.75 bits per heavy atom. The third-order valence-electron chi connectivity index (χ3n) is 4.78. The molecule has 4 nitrogen and oxygen atoms in total. The van der Waals surface area contributed by atoms with Crippen molar-refractivity contribution in [3.05, 3.63) is 82.0 Å². The van der Waals surface area contributed by atoms with Gasteiger partial charge in [0.15, 0.2) is 11.5 Å². The molecule has 0 N–H and O–H groups in total. The number of thiophene rings is 1. The highest BCUT2D eigenvalue weighted by Gasteiger charge is 2.23. The van der Waals surface area contributed by atoms with Gasteiger partial charge in [-0.1, -0.05) is 42.5 Å².